The Morgan fingerprint density at radius 1 is 1.11 bits per heavy atom. The van der Waals surface area contributed by atoms with Crippen LogP contribution in [0.1, 0.15) is 91.9 Å². The minimum Gasteiger partial charge on any atom is -0.451 e. The molecule has 6 rings (SSSR count). The Morgan fingerprint density at radius 2 is 1.86 bits per heavy atom. The maximum absolute atomic E-state index is 12.9. The molecule has 0 amide bonds. The third kappa shape index (κ3) is 3.44. The molecule has 3 saturated carbocycles. The van der Waals surface area contributed by atoms with Crippen LogP contribution in [-0.4, -0.2) is 48.7 Å². The molecular weight excluding hydrogens is 472 g/mol. The van der Waals surface area contributed by atoms with Crippen molar-refractivity contribution in [2.24, 2.45) is 40.9 Å². The molecule has 5 fully saturated rings. The van der Waals surface area contributed by atoms with Crippen LogP contribution in [0.4, 0.5) is 0 Å². The van der Waals surface area contributed by atoms with E-state index in [-0.39, 0.29) is 29.6 Å². The van der Waals surface area contributed by atoms with E-state index in [0.29, 0.717) is 41.4 Å². The minimum absolute atomic E-state index is 0.0324. The minimum atomic E-state index is -3.59. The van der Waals surface area contributed by atoms with Gasteiger partial charge in [0.2, 0.25) is 0 Å². The van der Waals surface area contributed by atoms with Crippen molar-refractivity contribution < 1.29 is 21.9 Å². The van der Waals surface area contributed by atoms with Gasteiger partial charge in [0.15, 0.2) is 0 Å². The molecule has 202 valence electrons. The van der Waals surface area contributed by atoms with Crippen molar-refractivity contribution in [1.82, 2.24) is 0 Å². The van der Waals surface area contributed by atoms with Crippen LogP contribution in [0.3, 0.4) is 0 Å². The molecule has 36 heavy (non-hydrogen) atoms. The van der Waals surface area contributed by atoms with Gasteiger partial charge in [0.05, 0.1) is 18.4 Å². The lowest BCUT2D eigenvalue weighted by Gasteiger charge is -2.52. The molecule has 2 heterocycles. The number of carbonyl (C=O) groups is 1. The van der Waals surface area contributed by atoms with Crippen molar-refractivity contribution >= 4 is 15.8 Å². The topological polar surface area (TPSA) is 84.2 Å². The van der Waals surface area contributed by atoms with Crippen molar-refractivity contribution in [3.05, 3.63) is 17.0 Å². The Labute approximate surface area is 218 Å². The summed E-state index contributed by atoms with van der Waals surface area (Å²) in [7, 11) is -3.59. The SMILES string of the molecule is CC1=C2C[C@H]3[C@@H](CC[C@@H]4CC(=O)CC[C@@]43C)[C@@H]2CC[C@@]2(C1)O[C@@H]1C[C@H](C)C[N+]([NH-])(S(C)(=O)=O)C1[C@H]2C. The fraction of sp³-hybridized carbons (Fsp3) is 0.897. The molecular formula is C29H46N2O4S. The van der Waals surface area contributed by atoms with Gasteiger partial charge in [-0.2, -0.15) is 8.42 Å². The highest BCUT2D eigenvalue weighted by Crippen LogP contribution is 2.65. The Hall–Kier alpha value is -0.760. The van der Waals surface area contributed by atoms with Gasteiger partial charge < -0.3 is 10.6 Å². The van der Waals surface area contributed by atoms with Crippen LogP contribution in [-0.2, 0) is 19.6 Å². The van der Waals surface area contributed by atoms with Crippen LogP contribution in [0.5, 0.6) is 0 Å². The number of nitrogens with zero attached hydrogens (tertiary/aromatic N) is 1. The van der Waals surface area contributed by atoms with E-state index in [1.807, 2.05) is 0 Å². The number of Topliss-reactive ketones (excluding diaryl/α,β-unsaturated/α-hetero) is 1. The summed E-state index contributed by atoms with van der Waals surface area (Å²) >= 11 is 0. The van der Waals surface area contributed by atoms with Crippen molar-refractivity contribution in [3.63, 3.8) is 0 Å². The summed E-state index contributed by atoms with van der Waals surface area (Å²) in [5.41, 5.74) is 3.08. The Kier molecular flexibility index (Phi) is 5.76. The zero-order chi connectivity index (χ0) is 25.8. The summed E-state index contributed by atoms with van der Waals surface area (Å²) < 4.78 is 32.2. The number of sulfonamides is 1. The molecule has 7 heteroatoms. The highest BCUT2D eigenvalue weighted by molar-refractivity contribution is 7.85. The van der Waals surface area contributed by atoms with E-state index in [0.717, 1.165) is 44.9 Å². The van der Waals surface area contributed by atoms with Gasteiger partial charge in [-0.25, -0.2) is 0 Å². The molecule has 11 atom stereocenters. The largest absolute Gasteiger partial charge is 0.451 e. The van der Waals surface area contributed by atoms with E-state index in [1.54, 1.807) is 5.57 Å². The number of hydrogen-bond acceptors (Lipinski definition) is 4. The lowest BCUT2D eigenvalue weighted by Crippen LogP contribution is -2.63. The molecule has 0 bridgehead atoms. The number of hydrogen-bond donors (Lipinski definition) is 0. The van der Waals surface area contributed by atoms with Gasteiger partial charge in [0.1, 0.15) is 17.9 Å². The van der Waals surface area contributed by atoms with Crippen LogP contribution in [0.2, 0.25) is 0 Å². The van der Waals surface area contributed by atoms with Gasteiger partial charge in [0, 0.05) is 24.7 Å². The Bertz CT molecular complexity index is 1100. The maximum Gasteiger partial charge on any atom is 0.285 e. The van der Waals surface area contributed by atoms with E-state index < -0.39 is 14.0 Å². The molecule has 0 aromatic rings. The maximum atomic E-state index is 12.9. The number of fused-ring (bicyclic) bond motifs is 6. The fourth-order valence-electron chi connectivity index (χ4n) is 10.5. The van der Waals surface area contributed by atoms with E-state index in [1.165, 1.54) is 31.1 Å². The van der Waals surface area contributed by atoms with Crippen LogP contribution in [0.25, 0.3) is 5.84 Å². The molecule has 0 radical (unpaired) electrons. The number of piperidine rings is 1. The summed E-state index contributed by atoms with van der Waals surface area (Å²) in [6, 6.07) is -0.311. The smallest absolute Gasteiger partial charge is 0.285 e. The fourth-order valence-corrected chi connectivity index (χ4v) is 11.8. The first-order chi connectivity index (χ1) is 16.8. The Morgan fingerprint density at radius 3 is 2.58 bits per heavy atom. The lowest BCUT2D eigenvalue weighted by atomic mass is 9.52. The van der Waals surface area contributed by atoms with E-state index in [2.05, 4.69) is 27.7 Å². The number of ketones is 1. The molecule has 1 spiro atoms. The summed E-state index contributed by atoms with van der Waals surface area (Å²) in [6.07, 6.45) is 11.1. The van der Waals surface area contributed by atoms with Crippen LogP contribution in [0.15, 0.2) is 11.1 Å². The summed E-state index contributed by atoms with van der Waals surface area (Å²) in [6.45, 7) is 9.42. The first-order valence-electron chi connectivity index (χ1n) is 14.5. The van der Waals surface area contributed by atoms with E-state index in [4.69, 9.17) is 4.74 Å². The number of nitrogens with one attached hydrogen (secondary N) is 1. The molecule has 0 aromatic carbocycles. The summed E-state index contributed by atoms with van der Waals surface area (Å²) in [5.74, 6) is 12.4. The number of rotatable bonds is 1. The Balaban J connectivity index is 1.31. The van der Waals surface area contributed by atoms with Crippen molar-refractivity contribution in [3.8, 4) is 0 Å². The highest BCUT2D eigenvalue weighted by atomic mass is 32.2. The molecule has 6 aliphatic rings. The molecule has 4 aliphatic carbocycles. The summed E-state index contributed by atoms with van der Waals surface area (Å²) in [4.78, 5) is 12.2. The predicted octanol–water partition coefficient (Wildman–Crippen LogP) is 5.83. The molecule has 2 unspecified atom stereocenters. The molecule has 6 nitrogen and oxygen atoms in total. The number of ether oxygens (including phenoxy) is 1. The zero-order valence-electron chi connectivity index (χ0n) is 22.9. The normalized spacial score (nSPS) is 53.0. The van der Waals surface area contributed by atoms with Crippen molar-refractivity contribution in [1.29, 1.82) is 0 Å². The summed E-state index contributed by atoms with van der Waals surface area (Å²) in [5, 5.41) is 0. The van der Waals surface area contributed by atoms with Crippen LogP contribution < -0.4 is 0 Å². The average molecular weight is 519 g/mol. The van der Waals surface area contributed by atoms with Gasteiger partial charge in [-0.15, -0.1) is 0 Å². The zero-order valence-corrected chi connectivity index (χ0v) is 23.7. The van der Waals surface area contributed by atoms with Gasteiger partial charge in [-0.1, -0.05) is 31.9 Å². The van der Waals surface area contributed by atoms with Crippen molar-refractivity contribution in [2.75, 3.05) is 12.8 Å². The van der Waals surface area contributed by atoms with Crippen molar-refractivity contribution in [2.45, 2.75) is 110 Å². The monoisotopic (exact) mass is 518 g/mol. The lowest BCUT2D eigenvalue weighted by molar-refractivity contribution is -0.799. The van der Waals surface area contributed by atoms with Gasteiger partial charge >= 0.3 is 0 Å². The van der Waals surface area contributed by atoms with E-state index in [9.17, 15) is 19.1 Å². The standard InChI is InChI=1S/C29H46N2O4S/c1-17-12-26-27(31(30,16-17)36(5,33)34)19(3)29(35-26)11-9-22-23-7-6-20-13-21(32)8-10-28(20,4)25(23)14-24(22)18(2)15-29/h17,19-20,22-23,25-27,30H,6-16H2,1-5H3/t17-,19+,20+,22-,23-,25-,26+,27?,28-,29-,31?/m0/s1. The predicted molar refractivity (Wildman–Crippen MR) is 140 cm³/mol. The quantitative estimate of drug-likeness (QED) is 0.323. The molecule has 2 aliphatic heterocycles. The van der Waals surface area contributed by atoms with Gasteiger partial charge in [0.25, 0.3) is 10.0 Å². The third-order valence-electron chi connectivity index (χ3n) is 12.4. The van der Waals surface area contributed by atoms with Crippen LogP contribution in [0, 0.1) is 40.9 Å². The van der Waals surface area contributed by atoms with Gasteiger partial charge in [-0.3, -0.25) is 8.79 Å². The van der Waals surface area contributed by atoms with E-state index >= 15 is 0 Å². The molecule has 0 aromatic heterocycles. The molecule has 1 N–H and O–H groups in total. The highest BCUT2D eigenvalue weighted by Gasteiger charge is 2.64. The number of allylic oxidation sites excluding steroid dienone is 1. The van der Waals surface area contributed by atoms with Crippen LogP contribution >= 0.6 is 0 Å². The average Bonchev–Trinajstić information content (AvgIpc) is 3.24. The second kappa shape index (κ2) is 8.12. The number of quaternary nitrogens is 1. The second-order valence-electron chi connectivity index (χ2n) is 14.2. The number of carbonyl (C=O) groups excluding carboxylic acids is 1. The van der Waals surface area contributed by atoms with Gasteiger partial charge in [-0.05, 0) is 87.4 Å². The third-order valence-corrected chi connectivity index (χ3v) is 13.9. The molecule has 2 saturated heterocycles. The first-order valence-corrected chi connectivity index (χ1v) is 16.3. The second-order valence-corrected chi connectivity index (χ2v) is 16.3. The first kappa shape index (κ1) is 25.5.